The van der Waals surface area contributed by atoms with Crippen LogP contribution in [0.1, 0.15) is 10.5 Å². The maximum absolute atomic E-state index is 10.8. The van der Waals surface area contributed by atoms with Crippen LogP contribution in [0.2, 0.25) is 0 Å². The van der Waals surface area contributed by atoms with E-state index in [-0.39, 0.29) is 10.8 Å². The Morgan fingerprint density at radius 3 is 2.10 bits per heavy atom. The summed E-state index contributed by atoms with van der Waals surface area (Å²) in [5.41, 5.74) is 0.449. The van der Waals surface area contributed by atoms with Crippen molar-refractivity contribution in [2.75, 3.05) is 7.05 Å². The molecule has 0 bridgehead atoms. The van der Waals surface area contributed by atoms with Gasteiger partial charge in [-0.25, -0.2) is 0 Å². The van der Waals surface area contributed by atoms with E-state index in [0.717, 1.165) is 0 Å². The molecule has 0 spiro atoms. The van der Waals surface area contributed by atoms with Gasteiger partial charge in [-0.05, 0) is 24.3 Å². The predicted octanol–water partition coefficient (Wildman–Crippen LogP) is 1.37. The fourth-order valence-corrected chi connectivity index (χ4v) is 1.72. The number of benzene rings is 1. The molecule has 2 N–H and O–H groups in total. The van der Waals surface area contributed by atoms with Crippen molar-refractivity contribution in [2.45, 2.75) is 4.90 Å². The Bertz CT molecular complexity index is 643. The summed E-state index contributed by atoms with van der Waals surface area (Å²) < 4.78 is 29.2. The summed E-state index contributed by atoms with van der Waals surface area (Å²) in [4.78, 5) is 14.6. The lowest BCUT2D eigenvalue weighted by Crippen LogP contribution is -2.18. The van der Waals surface area contributed by atoms with Crippen LogP contribution >= 0.6 is 0 Å². The van der Waals surface area contributed by atoms with Crippen LogP contribution < -0.4 is 5.32 Å². The van der Waals surface area contributed by atoms with Gasteiger partial charge in [-0.1, -0.05) is 24.3 Å². The molecule has 6 nitrogen and oxygen atoms in total. The Kier molecular flexibility index (Phi) is 5.82. The Hall–Kier alpha value is -2.25. The van der Waals surface area contributed by atoms with Gasteiger partial charge in [-0.15, -0.1) is 0 Å². The van der Waals surface area contributed by atoms with Crippen LogP contribution in [0.25, 0.3) is 0 Å². The quantitative estimate of drug-likeness (QED) is 0.816. The van der Waals surface area contributed by atoms with E-state index in [9.17, 15) is 13.2 Å². The SMILES string of the molecule is CNC(=O)c1ccccn1.O=S(=O)(O)c1ccccc1. The second-order valence-electron chi connectivity index (χ2n) is 3.58. The molecule has 0 fully saturated rings. The second kappa shape index (κ2) is 7.37. The first-order valence-electron chi connectivity index (χ1n) is 5.61. The summed E-state index contributed by atoms with van der Waals surface area (Å²) in [6.07, 6.45) is 1.59. The summed E-state index contributed by atoms with van der Waals surface area (Å²) in [6, 6.07) is 12.6. The number of amides is 1. The highest BCUT2D eigenvalue weighted by molar-refractivity contribution is 7.85. The van der Waals surface area contributed by atoms with E-state index in [1.54, 1.807) is 49.6 Å². The smallest absolute Gasteiger partial charge is 0.294 e. The molecule has 1 heterocycles. The average Bonchev–Trinajstić information content (AvgIpc) is 2.48. The molecule has 0 aliphatic heterocycles. The standard InChI is InChI=1S/C7H8N2O.C6H6O3S/c1-8-7(10)6-4-2-3-5-9-6;7-10(8,9)6-4-2-1-3-5-6/h2-5H,1H3,(H,8,10);1-5H,(H,7,8,9). The first-order chi connectivity index (χ1) is 9.45. The minimum Gasteiger partial charge on any atom is -0.354 e. The van der Waals surface area contributed by atoms with Crippen molar-refractivity contribution in [1.82, 2.24) is 10.3 Å². The van der Waals surface area contributed by atoms with Gasteiger partial charge in [0.2, 0.25) is 0 Å². The second-order valence-corrected chi connectivity index (χ2v) is 5.00. The van der Waals surface area contributed by atoms with Crippen molar-refractivity contribution in [2.24, 2.45) is 0 Å². The van der Waals surface area contributed by atoms with Gasteiger partial charge in [0.15, 0.2) is 0 Å². The lowest BCUT2D eigenvalue weighted by molar-refractivity contribution is 0.0958. The Morgan fingerprint density at radius 2 is 1.70 bits per heavy atom. The molecule has 0 saturated heterocycles. The molecular weight excluding hydrogens is 280 g/mol. The van der Waals surface area contributed by atoms with Crippen LogP contribution in [0.3, 0.4) is 0 Å². The van der Waals surface area contributed by atoms with Crippen LogP contribution in [0.15, 0.2) is 59.6 Å². The molecule has 1 aromatic carbocycles. The molecule has 0 aliphatic carbocycles. The predicted molar refractivity (Wildman–Crippen MR) is 73.9 cm³/mol. The molecule has 0 saturated carbocycles. The van der Waals surface area contributed by atoms with Crippen LogP contribution in [0, 0.1) is 0 Å². The molecule has 20 heavy (non-hydrogen) atoms. The van der Waals surface area contributed by atoms with Crippen LogP contribution in [-0.2, 0) is 10.1 Å². The van der Waals surface area contributed by atoms with E-state index in [4.69, 9.17) is 4.55 Å². The molecule has 1 aromatic heterocycles. The summed E-state index contributed by atoms with van der Waals surface area (Å²) in [7, 11) is -2.42. The Labute approximate surface area is 117 Å². The van der Waals surface area contributed by atoms with Gasteiger partial charge in [0, 0.05) is 13.2 Å². The zero-order valence-corrected chi connectivity index (χ0v) is 11.5. The number of carbonyl (C=O) groups excluding carboxylic acids is 1. The molecule has 0 aliphatic rings. The third-order valence-electron chi connectivity index (χ3n) is 2.17. The number of carbonyl (C=O) groups is 1. The Balaban J connectivity index is 0.000000200. The van der Waals surface area contributed by atoms with Crippen molar-refractivity contribution >= 4 is 16.0 Å². The van der Waals surface area contributed by atoms with Crippen molar-refractivity contribution in [3.05, 3.63) is 60.4 Å². The minimum absolute atomic E-state index is 0.0741. The average molecular weight is 294 g/mol. The fourth-order valence-electron chi connectivity index (χ4n) is 1.22. The van der Waals surface area contributed by atoms with Crippen LogP contribution in [0.4, 0.5) is 0 Å². The molecule has 0 radical (unpaired) electrons. The molecule has 2 rings (SSSR count). The van der Waals surface area contributed by atoms with Crippen LogP contribution in [-0.4, -0.2) is 30.9 Å². The number of hydrogen-bond acceptors (Lipinski definition) is 4. The summed E-state index contributed by atoms with van der Waals surface area (Å²) in [5.74, 6) is -0.152. The van der Waals surface area contributed by atoms with Crippen molar-refractivity contribution in [1.29, 1.82) is 0 Å². The molecule has 0 unspecified atom stereocenters. The van der Waals surface area contributed by atoms with E-state index in [2.05, 4.69) is 10.3 Å². The molecule has 2 aromatic rings. The van der Waals surface area contributed by atoms with E-state index in [0.29, 0.717) is 5.69 Å². The number of hydrogen-bond donors (Lipinski definition) is 2. The maximum atomic E-state index is 10.8. The van der Waals surface area contributed by atoms with E-state index in [1.165, 1.54) is 12.1 Å². The summed E-state index contributed by atoms with van der Waals surface area (Å²) in [5, 5.41) is 2.48. The first-order valence-corrected chi connectivity index (χ1v) is 7.05. The third kappa shape index (κ3) is 5.17. The molecule has 1 amide bonds. The van der Waals surface area contributed by atoms with Gasteiger partial charge in [-0.3, -0.25) is 14.3 Å². The normalized spacial score (nSPS) is 10.1. The Morgan fingerprint density at radius 1 is 1.10 bits per heavy atom. The van der Waals surface area contributed by atoms with E-state index >= 15 is 0 Å². The number of pyridine rings is 1. The van der Waals surface area contributed by atoms with Gasteiger partial charge in [0.05, 0.1) is 4.90 Å². The summed E-state index contributed by atoms with van der Waals surface area (Å²) >= 11 is 0. The third-order valence-corrected chi connectivity index (χ3v) is 3.03. The minimum atomic E-state index is -4.00. The van der Waals surface area contributed by atoms with Crippen molar-refractivity contribution < 1.29 is 17.8 Å². The van der Waals surface area contributed by atoms with Crippen molar-refractivity contribution in [3.63, 3.8) is 0 Å². The largest absolute Gasteiger partial charge is 0.354 e. The molecule has 7 heteroatoms. The molecule has 0 atom stereocenters. The van der Waals surface area contributed by atoms with E-state index in [1.807, 2.05) is 0 Å². The fraction of sp³-hybridized carbons (Fsp3) is 0.0769. The summed E-state index contributed by atoms with van der Waals surface area (Å²) in [6.45, 7) is 0. The van der Waals surface area contributed by atoms with Gasteiger partial charge >= 0.3 is 0 Å². The van der Waals surface area contributed by atoms with Gasteiger partial charge in [0.1, 0.15) is 5.69 Å². The lowest BCUT2D eigenvalue weighted by Gasteiger charge is -1.94. The number of aromatic nitrogens is 1. The molecule has 106 valence electrons. The van der Waals surface area contributed by atoms with Gasteiger partial charge in [0.25, 0.3) is 16.0 Å². The molecular formula is C13H14N2O4S. The monoisotopic (exact) mass is 294 g/mol. The highest BCUT2D eigenvalue weighted by Crippen LogP contribution is 2.05. The number of nitrogens with zero attached hydrogens (tertiary/aromatic N) is 1. The lowest BCUT2D eigenvalue weighted by atomic mass is 10.3. The highest BCUT2D eigenvalue weighted by atomic mass is 32.2. The topological polar surface area (TPSA) is 96.4 Å². The maximum Gasteiger partial charge on any atom is 0.294 e. The number of nitrogens with one attached hydrogen (secondary N) is 1. The van der Waals surface area contributed by atoms with Gasteiger partial charge in [-0.2, -0.15) is 8.42 Å². The zero-order valence-electron chi connectivity index (χ0n) is 10.7. The number of rotatable bonds is 2. The first kappa shape index (κ1) is 15.8. The highest BCUT2D eigenvalue weighted by Gasteiger charge is 2.05. The van der Waals surface area contributed by atoms with Crippen molar-refractivity contribution in [3.8, 4) is 0 Å². The van der Waals surface area contributed by atoms with Crippen LogP contribution in [0.5, 0.6) is 0 Å². The van der Waals surface area contributed by atoms with E-state index < -0.39 is 10.1 Å². The zero-order chi connectivity index (χ0) is 15.0. The van der Waals surface area contributed by atoms with Gasteiger partial charge < -0.3 is 5.32 Å².